The third-order valence-electron chi connectivity index (χ3n) is 3.98. The van der Waals surface area contributed by atoms with E-state index in [1.54, 1.807) is 23.1 Å². The van der Waals surface area contributed by atoms with E-state index in [9.17, 15) is 9.59 Å². The van der Waals surface area contributed by atoms with Gasteiger partial charge in [-0.3, -0.25) is 4.79 Å². The van der Waals surface area contributed by atoms with E-state index in [0.29, 0.717) is 22.3 Å². The Hall–Kier alpha value is -2.24. The molecule has 7 heteroatoms. The maximum absolute atomic E-state index is 12.2. The molecule has 2 N–H and O–H groups in total. The molecule has 0 bridgehead atoms. The van der Waals surface area contributed by atoms with Crippen LogP contribution in [0.2, 0.25) is 10.0 Å². The first kappa shape index (κ1) is 17.6. The number of aryl methyl sites for hydroxylation is 1. The normalized spacial score (nSPS) is 16.8. The van der Waals surface area contributed by atoms with Crippen LogP contribution in [0.25, 0.3) is 0 Å². The molecule has 1 atom stereocenters. The third kappa shape index (κ3) is 4.24. The Morgan fingerprint density at radius 3 is 2.60 bits per heavy atom. The van der Waals surface area contributed by atoms with Crippen molar-refractivity contribution in [3.63, 3.8) is 0 Å². The summed E-state index contributed by atoms with van der Waals surface area (Å²) in [5.41, 5.74) is 2.38. The molecule has 0 radical (unpaired) electrons. The first-order valence-electron chi connectivity index (χ1n) is 7.82. The van der Waals surface area contributed by atoms with Crippen LogP contribution in [0.5, 0.6) is 0 Å². The number of amides is 3. The molecule has 0 unspecified atom stereocenters. The number of nitrogens with one attached hydrogen (secondary N) is 2. The molecule has 3 rings (SSSR count). The van der Waals surface area contributed by atoms with Crippen LogP contribution < -0.4 is 15.5 Å². The Kier molecular flexibility index (Phi) is 5.16. The standard InChI is InChI=1S/C18H17Cl2N3O2/c1-11-2-5-14(6-3-11)23-10-13(9-17(23)24)21-18(25)22-16-8-12(19)4-7-15(16)20/h2-8,13H,9-10H2,1H3,(H2,21,22,25)/t13-/m0/s1. The molecular formula is C18H17Cl2N3O2. The zero-order valence-corrected chi connectivity index (χ0v) is 15.1. The summed E-state index contributed by atoms with van der Waals surface area (Å²) < 4.78 is 0. The molecule has 5 nitrogen and oxygen atoms in total. The number of rotatable bonds is 3. The van der Waals surface area contributed by atoms with Crippen molar-refractivity contribution in [1.82, 2.24) is 5.32 Å². The van der Waals surface area contributed by atoms with Crippen LogP contribution in [0.3, 0.4) is 0 Å². The lowest BCUT2D eigenvalue weighted by Crippen LogP contribution is -2.39. The minimum atomic E-state index is -0.423. The summed E-state index contributed by atoms with van der Waals surface area (Å²) in [6.45, 7) is 2.42. The van der Waals surface area contributed by atoms with Crippen LogP contribution in [0.1, 0.15) is 12.0 Å². The molecule has 2 aromatic carbocycles. The maximum atomic E-state index is 12.2. The third-order valence-corrected chi connectivity index (χ3v) is 4.55. The van der Waals surface area contributed by atoms with Gasteiger partial charge in [-0.2, -0.15) is 0 Å². The van der Waals surface area contributed by atoms with Crippen molar-refractivity contribution in [1.29, 1.82) is 0 Å². The van der Waals surface area contributed by atoms with Crippen LogP contribution in [-0.4, -0.2) is 24.5 Å². The summed E-state index contributed by atoms with van der Waals surface area (Å²) in [6, 6.07) is 11.8. The van der Waals surface area contributed by atoms with E-state index in [2.05, 4.69) is 10.6 Å². The molecule has 1 aliphatic rings. The molecule has 1 saturated heterocycles. The average molecular weight is 378 g/mol. The minimum Gasteiger partial charge on any atom is -0.333 e. The lowest BCUT2D eigenvalue weighted by molar-refractivity contribution is -0.117. The number of anilines is 2. The number of urea groups is 1. The van der Waals surface area contributed by atoms with Crippen LogP contribution in [-0.2, 0) is 4.79 Å². The molecule has 1 fully saturated rings. The summed E-state index contributed by atoms with van der Waals surface area (Å²) in [4.78, 5) is 26.1. The van der Waals surface area contributed by atoms with Gasteiger partial charge in [0.25, 0.3) is 0 Å². The van der Waals surface area contributed by atoms with Gasteiger partial charge in [0.1, 0.15) is 0 Å². The molecule has 25 heavy (non-hydrogen) atoms. The number of hydrogen-bond donors (Lipinski definition) is 2. The van der Waals surface area contributed by atoms with Crippen molar-refractivity contribution in [3.05, 3.63) is 58.1 Å². The summed E-state index contributed by atoms with van der Waals surface area (Å²) in [5, 5.41) is 6.33. The Balaban J connectivity index is 1.62. The van der Waals surface area contributed by atoms with E-state index in [4.69, 9.17) is 23.2 Å². The molecule has 0 aromatic heterocycles. The molecular weight excluding hydrogens is 361 g/mol. The quantitative estimate of drug-likeness (QED) is 0.840. The Morgan fingerprint density at radius 1 is 1.16 bits per heavy atom. The second kappa shape index (κ2) is 7.33. The molecule has 1 heterocycles. The zero-order valence-electron chi connectivity index (χ0n) is 13.6. The minimum absolute atomic E-state index is 0.0186. The van der Waals surface area contributed by atoms with Gasteiger partial charge in [-0.25, -0.2) is 4.79 Å². The summed E-state index contributed by atoms with van der Waals surface area (Å²) in [6.07, 6.45) is 0.255. The van der Waals surface area contributed by atoms with Crippen LogP contribution in [0.15, 0.2) is 42.5 Å². The second-order valence-corrected chi connectivity index (χ2v) is 6.81. The number of halogens is 2. The number of benzene rings is 2. The van der Waals surface area contributed by atoms with E-state index < -0.39 is 6.03 Å². The van der Waals surface area contributed by atoms with E-state index >= 15 is 0 Å². The lowest BCUT2D eigenvalue weighted by atomic mass is 10.2. The van der Waals surface area contributed by atoms with Crippen molar-refractivity contribution < 1.29 is 9.59 Å². The fraction of sp³-hybridized carbons (Fsp3) is 0.222. The largest absolute Gasteiger partial charge is 0.333 e. The van der Waals surface area contributed by atoms with Crippen molar-refractivity contribution >= 4 is 46.5 Å². The van der Waals surface area contributed by atoms with E-state index in [0.717, 1.165) is 11.3 Å². The van der Waals surface area contributed by atoms with Gasteiger partial charge in [-0.15, -0.1) is 0 Å². The van der Waals surface area contributed by atoms with Crippen LogP contribution >= 0.6 is 23.2 Å². The van der Waals surface area contributed by atoms with Crippen molar-refractivity contribution in [2.24, 2.45) is 0 Å². The van der Waals surface area contributed by atoms with Gasteiger partial charge < -0.3 is 15.5 Å². The molecule has 3 amide bonds. The average Bonchev–Trinajstić information content (AvgIpc) is 2.92. The predicted octanol–water partition coefficient (Wildman–Crippen LogP) is 4.23. The number of hydrogen-bond acceptors (Lipinski definition) is 2. The number of nitrogens with zero attached hydrogens (tertiary/aromatic N) is 1. The summed E-state index contributed by atoms with van der Waals surface area (Å²) in [5.74, 6) is -0.0186. The second-order valence-electron chi connectivity index (χ2n) is 5.96. The van der Waals surface area contributed by atoms with Crippen LogP contribution in [0.4, 0.5) is 16.2 Å². The first-order chi connectivity index (χ1) is 11.9. The fourth-order valence-electron chi connectivity index (χ4n) is 2.72. The highest BCUT2D eigenvalue weighted by Gasteiger charge is 2.31. The van der Waals surface area contributed by atoms with Crippen molar-refractivity contribution in [2.75, 3.05) is 16.8 Å². The molecule has 0 aliphatic carbocycles. The first-order valence-corrected chi connectivity index (χ1v) is 8.57. The maximum Gasteiger partial charge on any atom is 0.319 e. The highest BCUT2D eigenvalue weighted by molar-refractivity contribution is 6.35. The predicted molar refractivity (Wildman–Crippen MR) is 101 cm³/mol. The number of carbonyl (C=O) groups excluding carboxylic acids is 2. The highest BCUT2D eigenvalue weighted by atomic mass is 35.5. The fourth-order valence-corrected chi connectivity index (χ4v) is 3.05. The number of carbonyl (C=O) groups is 2. The summed E-state index contributed by atoms with van der Waals surface area (Å²) in [7, 11) is 0. The Labute approximate surface area is 155 Å². The molecule has 0 spiro atoms. The topological polar surface area (TPSA) is 61.4 Å². The monoisotopic (exact) mass is 377 g/mol. The van der Waals surface area contributed by atoms with Gasteiger partial charge in [0.05, 0.1) is 16.8 Å². The van der Waals surface area contributed by atoms with Gasteiger partial charge in [-0.1, -0.05) is 40.9 Å². The van der Waals surface area contributed by atoms with Gasteiger partial charge >= 0.3 is 6.03 Å². The van der Waals surface area contributed by atoms with Gasteiger partial charge in [0.15, 0.2) is 0 Å². The van der Waals surface area contributed by atoms with Crippen LogP contribution in [0, 0.1) is 6.92 Å². The smallest absolute Gasteiger partial charge is 0.319 e. The Morgan fingerprint density at radius 2 is 1.88 bits per heavy atom. The van der Waals surface area contributed by atoms with Gasteiger partial charge in [0, 0.05) is 23.7 Å². The van der Waals surface area contributed by atoms with Gasteiger partial charge in [0.2, 0.25) is 5.91 Å². The van der Waals surface area contributed by atoms with Gasteiger partial charge in [-0.05, 0) is 37.3 Å². The van der Waals surface area contributed by atoms with E-state index in [1.807, 2.05) is 31.2 Å². The zero-order chi connectivity index (χ0) is 18.0. The van der Waals surface area contributed by atoms with Crippen molar-refractivity contribution in [3.8, 4) is 0 Å². The highest BCUT2D eigenvalue weighted by Crippen LogP contribution is 2.26. The lowest BCUT2D eigenvalue weighted by Gasteiger charge is -2.18. The Bertz CT molecular complexity index is 808. The molecule has 0 saturated carbocycles. The van der Waals surface area contributed by atoms with E-state index in [-0.39, 0.29) is 18.4 Å². The molecule has 1 aliphatic heterocycles. The molecule has 2 aromatic rings. The summed E-state index contributed by atoms with van der Waals surface area (Å²) >= 11 is 11.9. The SMILES string of the molecule is Cc1ccc(N2C[C@@H](NC(=O)Nc3cc(Cl)ccc3Cl)CC2=O)cc1. The van der Waals surface area contributed by atoms with Crippen molar-refractivity contribution in [2.45, 2.75) is 19.4 Å². The van der Waals surface area contributed by atoms with E-state index in [1.165, 1.54) is 0 Å². The molecule has 130 valence electrons.